The largest absolute Gasteiger partial charge is 0.251 e. The van der Waals surface area contributed by atoms with Crippen molar-refractivity contribution < 1.29 is 17.6 Å². The fourth-order valence-corrected chi connectivity index (χ4v) is 2.39. The Hall–Kier alpha value is -1.84. The predicted octanol–water partition coefficient (Wildman–Crippen LogP) is 5.76. The summed E-state index contributed by atoms with van der Waals surface area (Å²) >= 11 is 0. The molecule has 0 saturated carbocycles. The number of rotatable bonds is 6. The minimum atomic E-state index is -0.705. The molecule has 0 nitrogen and oxygen atoms in total. The summed E-state index contributed by atoms with van der Waals surface area (Å²) < 4.78 is 53.9. The van der Waals surface area contributed by atoms with E-state index < -0.39 is 17.5 Å². The molecule has 0 N–H and O–H groups in total. The molecule has 0 heterocycles. The number of benzene rings is 2. The molecule has 0 radical (unpaired) electrons. The van der Waals surface area contributed by atoms with Gasteiger partial charge in [-0.2, -0.15) is 0 Å². The second-order valence-electron chi connectivity index (χ2n) is 5.40. The van der Waals surface area contributed by atoms with Gasteiger partial charge >= 0.3 is 0 Å². The molecular weight excluding hydrogens is 292 g/mol. The van der Waals surface area contributed by atoms with Crippen molar-refractivity contribution in [2.24, 2.45) is 0 Å². The number of aryl methyl sites for hydroxylation is 2. The smallest absolute Gasteiger partial charge is 0.134 e. The van der Waals surface area contributed by atoms with Crippen LogP contribution in [-0.4, -0.2) is 6.67 Å². The van der Waals surface area contributed by atoms with Crippen LogP contribution < -0.4 is 0 Å². The van der Waals surface area contributed by atoms with Crippen LogP contribution in [0.15, 0.2) is 30.3 Å². The summed E-state index contributed by atoms with van der Waals surface area (Å²) in [4.78, 5) is 0. The van der Waals surface area contributed by atoms with Crippen molar-refractivity contribution in [2.45, 2.75) is 32.6 Å². The maximum atomic E-state index is 14.2. The van der Waals surface area contributed by atoms with E-state index in [1.165, 1.54) is 24.3 Å². The fourth-order valence-electron chi connectivity index (χ4n) is 2.39. The van der Waals surface area contributed by atoms with E-state index in [1.54, 1.807) is 6.92 Å². The Labute approximate surface area is 127 Å². The maximum Gasteiger partial charge on any atom is 0.134 e. The molecular formula is C18H18F4. The third-order valence-corrected chi connectivity index (χ3v) is 3.66. The van der Waals surface area contributed by atoms with E-state index in [2.05, 4.69) is 0 Å². The minimum Gasteiger partial charge on any atom is -0.251 e. The van der Waals surface area contributed by atoms with E-state index in [0.29, 0.717) is 36.8 Å². The van der Waals surface area contributed by atoms with Crippen molar-refractivity contribution in [3.05, 3.63) is 58.9 Å². The lowest BCUT2D eigenvalue weighted by molar-refractivity contribution is 0.456. The molecule has 0 aliphatic heterocycles. The van der Waals surface area contributed by atoms with E-state index in [9.17, 15) is 17.6 Å². The monoisotopic (exact) mass is 310 g/mol. The quantitative estimate of drug-likeness (QED) is 0.470. The molecule has 0 atom stereocenters. The van der Waals surface area contributed by atoms with Gasteiger partial charge in [0.15, 0.2) is 0 Å². The van der Waals surface area contributed by atoms with Crippen LogP contribution in [0.2, 0.25) is 0 Å². The molecule has 0 fully saturated rings. The molecule has 0 spiro atoms. The Kier molecular flexibility index (Phi) is 5.58. The fraction of sp³-hybridized carbons (Fsp3) is 0.333. The lowest BCUT2D eigenvalue weighted by Crippen LogP contribution is -1.96. The highest BCUT2D eigenvalue weighted by Gasteiger charge is 2.14. The van der Waals surface area contributed by atoms with Gasteiger partial charge < -0.3 is 0 Å². The number of hydrogen-bond acceptors (Lipinski definition) is 0. The van der Waals surface area contributed by atoms with Gasteiger partial charge in [-0.25, -0.2) is 13.2 Å². The summed E-state index contributed by atoms with van der Waals surface area (Å²) in [6.45, 7) is 1.22. The molecule has 2 aromatic rings. The first-order valence-electron chi connectivity index (χ1n) is 7.33. The first-order chi connectivity index (χ1) is 10.5. The minimum absolute atomic E-state index is 0.182. The van der Waals surface area contributed by atoms with Gasteiger partial charge in [-0.1, -0.05) is 18.6 Å². The third-order valence-electron chi connectivity index (χ3n) is 3.66. The Balaban J connectivity index is 2.24. The van der Waals surface area contributed by atoms with Crippen LogP contribution >= 0.6 is 0 Å². The number of alkyl halides is 1. The predicted molar refractivity (Wildman–Crippen MR) is 80.0 cm³/mol. The maximum absolute atomic E-state index is 14.2. The van der Waals surface area contributed by atoms with E-state index in [-0.39, 0.29) is 17.8 Å². The van der Waals surface area contributed by atoms with Gasteiger partial charge in [-0.05, 0) is 61.1 Å². The van der Waals surface area contributed by atoms with E-state index in [1.807, 2.05) is 0 Å². The van der Waals surface area contributed by atoms with E-state index in [0.717, 1.165) is 6.07 Å². The molecule has 0 bridgehead atoms. The summed E-state index contributed by atoms with van der Waals surface area (Å²) in [6.07, 6.45) is 2.33. The highest BCUT2D eigenvalue weighted by atomic mass is 19.1. The summed E-state index contributed by atoms with van der Waals surface area (Å²) in [5.74, 6) is -1.90. The molecule has 22 heavy (non-hydrogen) atoms. The van der Waals surface area contributed by atoms with Crippen LogP contribution in [0.1, 0.15) is 30.4 Å². The van der Waals surface area contributed by atoms with Crippen LogP contribution in [0, 0.1) is 24.4 Å². The lowest BCUT2D eigenvalue weighted by Gasteiger charge is -2.09. The second kappa shape index (κ2) is 7.43. The zero-order valence-corrected chi connectivity index (χ0v) is 12.4. The Morgan fingerprint density at radius 1 is 0.818 bits per heavy atom. The zero-order chi connectivity index (χ0) is 16.1. The molecule has 118 valence electrons. The molecule has 0 amide bonds. The number of hydrogen-bond donors (Lipinski definition) is 0. The van der Waals surface area contributed by atoms with Crippen LogP contribution in [0.4, 0.5) is 17.6 Å². The van der Waals surface area contributed by atoms with Crippen LogP contribution in [0.25, 0.3) is 11.1 Å². The second-order valence-corrected chi connectivity index (χ2v) is 5.40. The summed E-state index contributed by atoms with van der Waals surface area (Å²) in [7, 11) is 0. The van der Waals surface area contributed by atoms with Crippen molar-refractivity contribution >= 4 is 0 Å². The van der Waals surface area contributed by atoms with Crippen molar-refractivity contribution in [3.8, 4) is 11.1 Å². The lowest BCUT2D eigenvalue weighted by atomic mass is 9.99. The zero-order valence-electron chi connectivity index (χ0n) is 12.4. The SMILES string of the molecule is Cc1ccc(-c2c(F)cc(CCCCCF)cc2F)cc1F. The third kappa shape index (κ3) is 3.87. The average Bonchev–Trinajstić information content (AvgIpc) is 2.47. The molecule has 0 aliphatic rings. The topological polar surface area (TPSA) is 0 Å². The van der Waals surface area contributed by atoms with Gasteiger partial charge in [-0.3, -0.25) is 4.39 Å². The van der Waals surface area contributed by atoms with Gasteiger partial charge in [0.1, 0.15) is 17.5 Å². The van der Waals surface area contributed by atoms with Gasteiger partial charge in [0.25, 0.3) is 0 Å². The first-order valence-corrected chi connectivity index (χ1v) is 7.33. The molecule has 0 saturated heterocycles. The Morgan fingerprint density at radius 2 is 1.50 bits per heavy atom. The summed E-state index contributed by atoms with van der Waals surface area (Å²) in [5, 5.41) is 0. The van der Waals surface area contributed by atoms with E-state index in [4.69, 9.17) is 0 Å². The summed E-state index contributed by atoms with van der Waals surface area (Å²) in [5.41, 5.74) is 0.924. The molecule has 0 aliphatic carbocycles. The molecule has 4 heteroatoms. The molecule has 2 rings (SSSR count). The van der Waals surface area contributed by atoms with Crippen LogP contribution in [0.5, 0.6) is 0 Å². The first kappa shape index (κ1) is 16.5. The standard InChI is InChI=1S/C18H18F4/c1-12-6-7-14(11-15(12)20)18-16(21)9-13(10-17(18)22)5-3-2-4-8-19/h6-7,9-11H,2-5,8H2,1H3. The Bertz CT molecular complexity index is 627. The van der Waals surface area contributed by atoms with E-state index >= 15 is 0 Å². The molecule has 0 unspecified atom stereocenters. The van der Waals surface area contributed by atoms with Crippen LogP contribution in [0.3, 0.4) is 0 Å². The normalized spacial score (nSPS) is 11.0. The molecule has 2 aromatic carbocycles. The highest BCUT2D eigenvalue weighted by molar-refractivity contribution is 5.65. The number of halogens is 4. The molecule has 0 aromatic heterocycles. The van der Waals surface area contributed by atoms with Crippen LogP contribution in [-0.2, 0) is 6.42 Å². The van der Waals surface area contributed by atoms with Crippen molar-refractivity contribution in [1.29, 1.82) is 0 Å². The van der Waals surface area contributed by atoms with Gasteiger partial charge in [0, 0.05) is 0 Å². The van der Waals surface area contributed by atoms with Gasteiger partial charge in [0.05, 0.1) is 12.2 Å². The van der Waals surface area contributed by atoms with Crippen molar-refractivity contribution in [1.82, 2.24) is 0 Å². The van der Waals surface area contributed by atoms with Gasteiger partial charge in [-0.15, -0.1) is 0 Å². The van der Waals surface area contributed by atoms with Gasteiger partial charge in [0.2, 0.25) is 0 Å². The van der Waals surface area contributed by atoms with Crippen molar-refractivity contribution in [3.63, 3.8) is 0 Å². The Morgan fingerprint density at radius 3 is 2.09 bits per heavy atom. The number of unbranched alkanes of at least 4 members (excludes halogenated alkanes) is 2. The highest BCUT2D eigenvalue weighted by Crippen LogP contribution is 2.29. The van der Waals surface area contributed by atoms with Crippen molar-refractivity contribution in [2.75, 3.05) is 6.67 Å². The summed E-state index contributed by atoms with van der Waals surface area (Å²) in [6, 6.07) is 6.67. The average molecular weight is 310 g/mol.